The van der Waals surface area contributed by atoms with Crippen LogP contribution in [-0.2, 0) is 24.8 Å². The number of benzene rings is 2. The molecule has 9 heteroatoms. The average Bonchev–Trinajstić information content (AvgIpc) is 3.27. The highest BCUT2D eigenvalue weighted by Gasteiger charge is 2.23. The molecule has 0 fully saturated rings. The van der Waals surface area contributed by atoms with Crippen molar-refractivity contribution in [3.8, 4) is 22.9 Å². The van der Waals surface area contributed by atoms with Crippen molar-refractivity contribution in [2.75, 3.05) is 44.5 Å². The molecule has 1 aliphatic heterocycles. The highest BCUT2D eigenvalue weighted by atomic mass is 32.2. The summed E-state index contributed by atoms with van der Waals surface area (Å²) in [4.78, 5) is 17.2. The first kappa shape index (κ1) is 24.9. The summed E-state index contributed by atoms with van der Waals surface area (Å²) >= 11 is 1.42. The molecule has 0 atom stereocenters. The van der Waals surface area contributed by atoms with E-state index in [1.54, 1.807) is 14.2 Å². The second-order valence-electron chi connectivity index (χ2n) is 8.41. The van der Waals surface area contributed by atoms with E-state index in [-0.39, 0.29) is 5.91 Å². The van der Waals surface area contributed by atoms with Crippen molar-refractivity contribution in [2.24, 2.45) is 7.05 Å². The first-order chi connectivity index (χ1) is 17.0. The Balaban J connectivity index is 1.40. The SMILES string of the molecule is CCN(CC)c1ccc(-c2nnc(SCC(=O)N3CCc4cc(OC)c(OC)cc4C3)n2C)cc1. The number of amides is 1. The second kappa shape index (κ2) is 11.0. The quantitative estimate of drug-likeness (QED) is 0.415. The van der Waals surface area contributed by atoms with Gasteiger partial charge in [0.2, 0.25) is 5.91 Å². The van der Waals surface area contributed by atoms with Crippen molar-refractivity contribution in [3.05, 3.63) is 47.5 Å². The van der Waals surface area contributed by atoms with Crippen molar-refractivity contribution in [2.45, 2.75) is 32.0 Å². The summed E-state index contributed by atoms with van der Waals surface area (Å²) in [6.07, 6.45) is 0.795. The summed E-state index contributed by atoms with van der Waals surface area (Å²) in [5.41, 5.74) is 4.50. The van der Waals surface area contributed by atoms with E-state index in [9.17, 15) is 4.79 Å². The van der Waals surface area contributed by atoms with Gasteiger partial charge in [-0.25, -0.2) is 0 Å². The fourth-order valence-corrected chi connectivity index (χ4v) is 5.23. The van der Waals surface area contributed by atoms with Crippen LogP contribution >= 0.6 is 11.8 Å². The minimum atomic E-state index is 0.0866. The zero-order chi connectivity index (χ0) is 24.9. The highest BCUT2D eigenvalue weighted by Crippen LogP contribution is 2.33. The number of thioether (sulfide) groups is 1. The largest absolute Gasteiger partial charge is 0.493 e. The fourth-order valence-electron chi connectivity index (χ4n) is 4.42. The van der Waals surface area contributed by atoms with Crippen LogP contribution in [0.25, 0.3) is 11.4 Å². The van der Waals surface area contributed by atoms with E-state index in [2.05, 4.69) is 53.2 Å². The van der Waals surface area contributed by atoms with Gasteiger partial charge >= 0.3 is 0 Å². The first-order valence-corrected chi connectivity index (χ1v) is 12.9. The molecule has 0 spiro atoms. The lowest BCUT2D eigenvalue weighted by Gasteiger charge is -2.29. The van der Waals surface area contributed by atoms with Gasteiger partial charge in [0.1, 0.15) is 0 Å². The van der Waals surface area contributed by atoms with Crippen LogP contribution in [0, 0.1) is 0 Å². The van der Waals surface area contributed by atoms with Gasteiger partial charge in [-0.05, 0) is 67.8 Å². The van der Waals surface area contributed by atoms with Gasteiger partial charge in [-0.1, -0.05) is 11.8 Å². The monoisotopic (exact) mass is 495 g/mol. The molecule has 0 N–H and O–H groups in total. The molecule has 0 saturated carbocycles. The highest BCUT2D eigenvalue weighted by molar-refractivity contribution is 7.99. The Morgan fingerprint density at radius 1 is 1.03 bits per heavy atom. The molecule has 0 aliphatic carbocycles. The molecule has 0 bridgehead atoms. The number of anilines is 1. The van der Waals surface area contributed by atoms with E-state index >= 15 is 0 Å². The summed E-state index contributed by atoms with van der Waals surface area (Å²) < 4.78 is 12.8. The first-order valence-electron chi connectivity index (χ1n) is 11.9. The van der Waals surface area contributed by atoms with Gasteiger partial charge in [0, 0.05) is 44.5 Å². The molecule has 0 radical (unpaired) electrons. The molecule has 2 aromatic carbocycles. The molecule has 1 aromatic heterocycles. The maximum Gasteiger partial charge on any atom is 0.233 e. The van der Waals surface area contributed by atoms with Gasteiger partial charge in [-0.3, -0.25) is 4.79 Å². The van der Waals surface area contributed by atoms with Crippen LogP contribution < -0.4 is 14.4 Å². The third-order valence-corrected chi connectivity index (χ3v) is 7.49. The van der Waals surface area contributed by atoms with Crippen LogP contribution in [0.5, 0.6) is 11.5 Å². The summed E-state index contributed by atoms with van der Waals surface area (Å²) in [5, 5.41) is 9.45. The number of fused-ring (bicyclic) bond motifs is 1. The number of nitrogens with zero attached hydrogens (tertiary/aromatic N) is 5. The van der Waals surface area contributed by atoms with E-state index in [0.717, 1.165) is 47.4 Å². The molecule has 35 heavy (non-hydrogen) atoms. The van der Waals surface area contributed by atoms with Crippen molar-refractivity contribution in [1.82, 2.24) is 19.7 Å². The average molecular weight is 496 g/mol. The summed E-state index contributed by atoms with van der Waals surface area (Å²) in [7, 11) is 5.21. The smallest absolute Gasteiger partial charge is 0.233 e. The Bertz CT molecular complexity index is 1170. The Kier molecular flexibility index (Phi) is 7.85. The molecule has 186 valence electrons. The van der Waals surface area contributed by atoms with E-state index in [4.69, 9.17) is 9.47 Å². The number of rotatable bonds is 9. The van der Waals surface area contributed by atoms with Crippen LogP contribution in [0.15, 0.2) is 41.6 Å². The Morgan fingerprint density at radius 3 is 2.31 bits per heavy atom. The minimum Gasteiger partial charge on any atom is -0.493 e. The Morgan fingerprint density at radius 2 is 1.69 bits per heavy atom. The topological polar surface area (TPSA) is 72.7 Å². The van der Waals surface area contributed by atoms with Crippen LogP contribution in [-0.4, -0.2) is 65.2 Å². The van der Waals surface area contributed by atoms with Gasteiger partial charge in [0.15, 0.2) is 22.5 Å². The number of carbonyl (C=O) groups is 1. The zero-order valence-corrected chi connectivity index (χ0v) is 21.9. The maximum atomic E-state index is 13.0. The zero-order valence-electron chi connectivity index (χ0n) is 21.1. The van der Waals surface area contributed by atoms with Crippen molar-refractivity contribution >= 4 is 23.4 Å². The third-order valence-electron chi connectivity index (χ3n) is 6.48. The molecule has 3 aromatic rings. The number of aromatic nitrogens is 3. The van der Waals surface area contributed by atoms with Crippen molar-refractivity contribution < 1.29 is 14.3 Å². The standard InChI is InChI=1S/C26H33N5O3S/c1-6-30(7-2)21-10-8-18(9-11-21)25-27-28-26(29(25)3)35-17-24(32)31-13-12-19-14-22(33-4)23(34-5)15-20(19)16-31/h8-11,14-15H,6-7,12-13,16-17H2,1-5H3. The predicted octanol–water partition coefficient (Wildman–Crippen LogP) is 4.02. The van der Waals surface area contributed by atoms with Gasteiger partial charge in [-0.15, -0.1) is 10.2 Å². The molecule has 0 saturated heterocycles. The third kappa shape index (κ3) is 5.24. The molecular formula is C26H33N5O3S. The molecule has 0 unspecified atom stereocenters. The van der Waals surface area contributed by atoms with E-state index in [1.165, 1.54) is 23.0 Å². The number of methoxy groups -OCH3 is 2. The normalized spacial score (nSPS) is 12.9. The summed E-state index contributed by atoms with van der Waals surface area (Å²) in [6.45, 7) is 7.50. The molecule has 1 aliphatic rings. The van der Waals surface area contributed by atoms with E-state index < -0.39 is 0 Å². The summed E-state index contributed by atoms with van der Waals surface area (Å²) in [6, 6.07) is 12.4. The van der Waals surface area contributed by atoms with Crippen molar-refractivity contribution in [3.63, 3.8) is 0 Å². The lowest BCUT2D eigenvalue weighted by molar-refractivity contribution is -0.129. The lowest BCUT2D eigenvalue weighted by atomic mass is 9.99. The van der Waals surface area contributed by atoms with Crippen LogP contribution in [0.4, 0.5) is 5.69 Å². The lowest BCUT2D eigenvalue weighted by Crippen LogP contribution is -2.37. The number of carbonyl (C=O) groups excluding carboxylic acids is 1. The maximum absolute atomic E-state index is 13.0. The Labute approximate surface area is 211 Å². The number of ether oxygens (including phenoxy) is 2. The second-order valence-corrected chi connectivity index (χ2v) is 9.36. The molecular weight excluding hydrogens is 462 g/mol. The fraction of sp³-hybridized carbons (Fsp3) is 0.423. The van der Waals surface area contributed by atoms with E-state index in [1.807, 2.05) is 28.6 Å². The van der Waals surface area contributed by atoms with E-state index in [0.29, 0.717) is 24.6 Å². The van der Waals surface area contributed by atoms with Crippen LogP contribution in [0.1, 0.15) is 25.0 Å². The van der Waals surface area contributed by atoms with Crippen LogP contribution in [0.2, 0.25) is 0 Å². The van der Waals surface area contributed by atoms with Gasteiger partial charge in [-0.2, -0.15) is 0 Å². The van der Waals surface area contributed by atoms with Crippen molar-refractivity contribution in [1.29, 1.82) is 0 Å². The van der Waals surface area contributed by atoms with Gasteiger partial charge < -0.3 is 23.8 Å². The molecule has 8 nitrogen and oxygen atoms in total. The molecule has 1 amide bonds. The molecule has 4 rings (SSSR count). The minimum absolute atomic E-state index is 0.0866. The number of hydrogen-bond donors (Lipinski definition) is 0. The summed E-state index contributed by atoms with van der Waals surface area (Å²) in [5.74, 6) is 2.60. The molecule has 2 heterocycles. The number of hydrogen-bond acceptors (Lipinski definition) is 7. The Hall–Kier alpha value is -3.20. The van der Waals surface area contributed by atoms with Gasteiger partial charge in [0.25, 0.3) is 0 Å². The van der Waals surface area contributed by atoms with Gasteiger partial charge in [0.05, 0.1) is 20.0 Å². The predicted molar refractivity (Wildman–Crippen MR) is 139 cm³/mol. The van der Waals surface area contributed by atoms with Crippen LogP contribution in [0.3, 0.4) is 0 Å².